The maximum absolute atomic E-state index is 3.73. The van der Waals surface area contributed by atoms with Crippen molar-refractivity contribution in [1.29, 1.82) is 0 Å². The lowest BCUT2D eigenvalue weighted by Gasteiger charge is -2.18. The lowest BCUT2D eigenvalue weighted by atomic mass is 9.96. The van der Waals surface area contributed by atoms with Crippen LogP contribution in [0, 0.1) is 20.8 Å². The molecule has 0 saturated heterocycles. The SMILES string of the molecule is C=CCCNC(C)c1cc(C)c(C)cc1C. The van der Waals surface area contributed by atoms with Gasteiger partial charge in [-0.3, -0.25) is 0 Å². The van der Waals surface area contributed by atoms with E-state index in [1.807, 2.05) is 6.08 Å². The molecule has 0 aromatic heterocycles. The molecule has 0 amide bonds. The first-order valence-corrected chi connectivity index (χ1v) is 5.98. The lowest BCUT2D eigenvalue weighted by Crippen LogP contribution is -2.20. The van der Waals surface area contributed by atoms with Crippen LogP contribution in [-0.4, -0.2) is 6.54 Å². The van der Waals surface area contributed by atoms with Crippen LogP contribution >= 0.6 is 0 Å². The molecule has 1 rings (SSSR count). The van der Waals surface area contributed by atoms with Crippen molar-refractivity contribution in [2.75, 3.05) is 6.54 Å². The quantitative estimate of drug-likeness (QED) is 0.583. The number of nitrogens with one attached hydrogen (secondary N) is 1. The van der Waals surface area contributed by atoms with Gasteiger partial charge in [0, 0.05) is 6.04 Å². The molecule has 1 heteroatoms. The van der Waals surface area contributed by atoms with E-state index >= 15 is 0 Å². The van der Waals surface area contributed by atoms with E-state index in [1.54, 1.807) is 0 Å². The fourth-order valence-corrected chi connectivity index (χ4v) is 1.96. The van der Waals surface area contributed by atoms with E-state index in [9.17, 15) is 0 Å². The highest BCUT2D eigenvalue weighted by Crippen LogP contribution is 2.21. The second-order valence-electron chi connectivity index (χ2n) is 4.55. The highest BCUT2D eigenvalue weighted by atomic mass is 14.9. The molecule has 0 aliphatic carbocycles. The summed E-state index contributed by atoms with van der Waals surface area (Å²) in [7, 11) is 0. The van der Waals surface area contributed by atoms with Gasteiger partial charge in [-0.05, 0) is 62.9 Å². The van der Waals surface area contributed by atoms with Gasteiger partial charge in [-0.1, -0.05) is 18.2 Å². The number of benzene rings is 1. The van der Waals surface area contributed by atoms with Crippen LogP contribution in [0.5, 0.6) is 0 Å². The summed E-state index contributed by atoms with van der Waals surface area (Å²) in [5.41, 5.74) is 5.53. The summed E-state index contributed by atoms with van der Waals surface area (Å²) >= 11 is 0. The summed E-state index contributed by atoms with van der Waals surface area (Å²) in [5, 5.41) is 3.52. The van der Waals surface area contributed by atoms with Crippen molar-refractivity contribution < 1.29 is 0 Å². The van der Waals surface area contributed by atoms with Gasteiger partial charge in [0.15, 0.2) is 0 Å². The number of rotatable bonds is 5. The van der Waals surface area contributed by atoms with E-state index in [0.29, 0.717) is 6.04 Å². The Morgan fingerprint density at radius 3 is 2.44 bits per heavy atom. The van der Waals surface area contributed by atoms with Gasteiger partial charge in [-0.25, -0.2) is 0 Å². The van der Waals surface area contributed by atoms with E-state index in [0.717, 1.165) is 13.0 Å². The second-order valence-corrected chi connectivity index (χ2v) is 4.55. The van der Waals surface area contributed by atoms with Crippen LogP contribution in [0.1, 0.15) is 41.6 Å². The molecule has 16 heavy (non-hydrogen) atoms. The minimum atomic E-state index is 0.416. The molecule has 1 aromatic rings. The van der Waals surface area contributed by atoms with E-state index in [2.05, 4.69) is 51.7 Å². The van der Waals surface area contributed by atoms with Gasteiger partial charge in [-0.2, -0.15) is 0 Å². The normalized spacial score (nSPS) is 12.5. The van der Waals surface area contributed by atoms with E-state index in [-0.39, 0.29) is 0 Å². The van der Waals surface area contributed by atoms with Crippen LogP contribution in [-0.2, 0) is 0 Å². The third-order valence-corrected chi connectivity index (χ3v) is 3.15. The molecule has 0 aliphatic rings. The van der Waals surface area contributed by atoms with Crippen LogP contribution in [0.15, 0.2) is 24.8 Å². The first-order valence-electron chi connectivity index (χ1n) is 5.98. The number of hydrogen-bond acceptors (Lipinski definition) is 1. The molecule has 1 unspecified atom stereocenters. The third kappa shape index (κ3) is 3.21. The standard InChI is InChI=1S/C15H23N/c1-6-7-8-16-14(5)15-10-12(3)11(2)9-13(15)4/h6,9-10,14,16H,1,7-8H2,2-5H3. The van der Waals surface area contributed by atoms with Gasteiger partial charge in [0.2, 0.25) is 0 Å². The second kappa shape index (κ2) is 5.86. The van der Waals surface area contributed by atoms with Gasteiger partial charge in [0.25, 0.3) is 0 Å². The van der Waals surface area contributed by atoms with E-state index in [1.165, 1.54) is 22.3 Å². The monoisotopic (exact) mass is 217 g/mol. The van der Waals surface area contributed by atoms with Crippen LogP contribution in [0.25, 0.3) is 0 Å². The molecule has 1 N–H and O–H groups in total. The van der Waals surface area contributed by atoms with Crippen molar-refractivity contribution in [2.45, 2.75) is 40.2 Å². The molecule has 88 valence electrons. The van der Waals surface area contributed by atoms with Gasteiger partial charge >= 0.3 is 0 Å². The summed E-state index contributed by atoms with van der Waals surface area (Å²) < 4.78 is 0. The maximum atomic E-state index is 3.73. The Hall–Kier alpha value is -1.08. The average Bonchev–Trinajstić information content (AvgIpc) is 2.23. The smallest absolute Gasteiger partial charge is 0.0294 e. The zero-order valence-electron chi connectivity index (χ0n) is 10.9. The molecule has 0 aliphatic heterocycles. The third-order valence-electron chi connectivity index (χ3n) is 3.15. The van der Waals surface area contributed by atoms with Gasteiger partial charge < -0.3 is 5.32 Å². The summed E-state index contributed by atoms with van der Waals surface area (Å²) in [6, 6.07) is 4.99. The van der Waals surface area contributed by atoms with Crippen molar-refractivity contribution in [2.24, 2.45) is 0 Å². The summed E-state index contributed by atoms with van der Waals surface area (Å²) in [6.45, 7) is 13.5. The van der Waals surface area contributed by atoms with Crippen molar-refractivity contribution in [1.82, 2.24) is 5.32 Å². The van der Waals surface area contributed by atoms with Gasteiger partial charge in [0.1, 0.15) is 0 Å². The Bertz CT molecular complexity index is 366. The van der Waals surface area contributed by atoms with E-state index in [4.69, 9.17) is 0 Å². The number of aryl methyl sites for hydroxylation is 3. The Morgan fingerprint density at radius 1 is 1.19 bits per heavy atom. The predicted octanol–water partition coefficient (Wildman–Crippen LogP) is 3.84. The molecule has 0 spiro atoms. The molecular formula is C15H23N. The van der Waals surface area contributed by atoms with Crippen LogP contribution in [0.2, 0.25) is 0 Å². The minimum Gasteiger partial charge on any atom is -0.310 e. The first-order chi connectivity index (χ1) is 7.56. The highest BCUT2D eigenvalue weighted by molar-refractivity contribution is 5.37. The number of hydrogen-bond donors (Lipinski definition) is 1. The summed E-state index contributed by atoms with van der Waals surface area (Å²) in [4.78, 5) is 0. The van der Waals surface area contributed by atoms with Crippen LogP contribution in [0.4, 0.5) is 0 Å². The lowest BCUT2D eigenvalue weighted by molar-refractivity contribution is 0.578. The zero-order valence-corrected chi connectivity index (χ0v) is 10.9. The van der Waals surface area contributed by atoms with Crippen LogP contribution < -0.4 is 5.32 Å². The van der Waals surface area contributed by atoms with Gasteiger partial charge in [0.05, 0.1) is 0 Å². The first kappa shape index (κ1) is 13.0. The Kier molecular flexibility index (Phi) is 4.75. The predicted molar refractivity (Wildman–Crippen MR) is 71.9 cm³/mol. The summed E-state index contributed by atoms with van der Waals surface area (Å²) in [6.07, 6.45) is 2.97. The van der Waals surface area contributed by atoms with E-state index < -0.39 is 0 Å². The summed E-state index contributed by atoms with van der Waals surface area (Å²) in [5.74, 6) is 0. The Morgan fingerprint density at radius 2 is 1.81 bits per heavy atom. The van der Waals surface area contributed by atoms with Gasteiger partial charge in [-0.15, -0.1) is 6.58 Å². The Balaban J connectivity index is 2.78. The molecule has 0 heterocycles. The molecule has 1 aromatic carbocycles. The van der Waals surface area contributed by atoms with Crippen LogP contribution in [0.3, 0.4) is 0 Å². The fourth-order valence-electron chi connectivity index (χ4n) is 1.96. The van der Waals surface area contributed by atoms with Crippen molar-refractivity contribution >= 4 is 0 Å². The molecule has 0 fully saturated rings. The fraction of sp³-hybridized carbons (Fsp3) is 0.467. The maximum Gasteiger partial charge on any atom is 0.0294 e. The average molecular weight is 217 g/mol. The largest absolute Gasteiger partial charge is 0.310 e. The zero-order chi connectivity index (χ0) is 12.1. The van der Waals surface area contributed by atoms with Crippen molar-refractivity contribution in [3.63, 3.8) is 0 Å². The molecule has 0 saturated carbocycles. The Labute approximate surface area is 99.6 Å². The van der Waals surface area contributed by atoms with Crippen molar-refractivity contribution in [3.05, 3.63) is 47.0 Å². The molecule has 0 radical (unpaired) electrons. The highest BCUT2D eigenvalue weighted by Gasteiger charge is 2.08. The van der Waals surface area contributed by atoms with Crippen molar-refractivity contribution in [3.8, 4) is 0 Å². The topological polar surface area (TPSA) is 12.0 Å². The molecule has 0 bridgehead atoms. The molecule has 1 nitrogen and oxygen atoms in total. The minimum absolute atomic E-state index is 0.416. The molecule has 1 atom stereocenters. The molecular weight excluding hydrogens is 194 g/mol.